The van der Waals surface area contributed by atoms with Crippen LogP contribution in [0.1, 0.15) is 49.2 Å². The third-order valence-corrected chi connectivity index (χ3v) is 6.66. The molecule has 2 aliphatic rings. The molecule has 1 amide bonds. The number of nitrogens with one attached hydrogen (secondary N) is 1. The summed E-state index contributed by atoms with van der Waals surface area (Å²) >= 11 is 3.37. The third kappa shape index (κ3) is 3.84. The van der Waals surface area contributed by atoms with E-state index in [1.807, 2.05) is 6.92 Å². The van der Waals surface area contributed by atoms with E-state index >= 15 is 0 Å². The van der Waals surface area contributed by atoms with Gasteiger partial charge in [-0.3, -0.25) is 4.79 Å². The fraction of sp³-hybridized carbons (Fsp3) is 0.750. The van der Waals surface area contributed by atoms with Gasteiger partial charge in [0.05, 0.1) is 17.4 Å². The van der Waals surface area contributed by atoms with Crippen molar-refractivity contribution in [2.75, 3.05) is 18.1 Å². The number of aryl methyl sites for hydroxylation is 1. The first-order valence-corrected chi connectivity index (χ1v) is 10.1. The number of hydrogen-bond acceptors (Lipinski definition) is 5. The van der Waals surface area contributed by atoms with E-state index < -0.39 is 0 Å². The highest BCUT2D eigenvalue weighted by Crippen LogP contribution is 2.40. The Hall–Kier alpha value is -0.590. The third-order valence-electron chi connectivity index (χ3n) is 4.43. The highest BCUT2D eigenvalue weighted by atomic mass is 32.2. The number of nitrogens with zero attached hydrogens (tertiary/aromatic N) is 1. The molecule has 22 heavy (non-hydrogen) atoms. The van der Waals surface area contributed by atoms with Crippen LogP contribution in [-0.4, -0.2) is 35.1 Å². The molecule has 1 aromatic rings. The molecule has 0 aromatic carbocycles. The Morgan fingerprint density at radius 3 is 2.95 bits per heavy atom. The number of thiazole rings is 1. The van der Waals surface area contributed by atoms with Crippen LogP contribution in [0, 0.1) is 6.92 Å². The summed E-state index contributed by atoms with van der Waals surface area (Å²) < 4.78 is 5.60. The summed E-state index contributed by atoms with van der Waals surface area (Å²) in [5.74, 6) is 1.58. The minimum atomic E-state index is -0.208. The van der Waals surface area contributed by atoms with Crippen molar-refractivity contribution in [3.63, 3.8) is 0 Å². The first kappa shape index (κ1) is 16.3. The van der Waals surface area contributed by atoms with Gasteiger partial charge < -0.3 is 10.1 Å². The Morgan fingerprint density at radius 1 is 1.50 bits per heavy atom. The van der Waals surface area contributed by atoms with Gasteiger partial charge in [0.2, 0.25) is 5.91 Å². The first-order valence-electron chi connectivity index (χ1n) is 8.11. The standard InChI is InChI=1S/C16H24N2O2S2/c1-12-9-22-15(17-12)16(6-2-3-7-16)18-14(19)11-21-10-13-5-4-8-20-13/h9,13H,2-8,10-11H2,1H3,(H,18,19). The molecule has 1 saturated heterocycles. The molecule has 122 valence electrons. The Labute approximate surface area is 140 Å². The summed E-state index contributed by atoms with van der Waals surface area (Å²) in [6, 6.07) is 0. The summed E-state index contributed by atoms with van der Waals surface area (Å²) in [6.07, 6.45) is 7.01. The monoisotopic (exact) mass is 340 g/mol. The number of carbonyl (C=O) groups excluding carboxylic acids is 1. The molecule has 2 fully saturated rings. The van der Waals surface area contributed by atoms with Crippen molar-refractivity contribution in [1.82, 2.24) is 10.3 Å². The first-order chi connectivity index (χ1) is 10.7. The van der Waals surface area contributed by atoms with Crippen molar-refractivity contribution in [2.45, 2.75) is 57.1 Å². The van der Waals surface area contributed by atoms with Gasteiger partial charge in [-0.1, -0.05) is 12.8 Å². The molecule has 2 heterocycles. The maximum Gasteiger partial charge on any atom is 0.230 e. The summed E-state index contributed by atoms with van der Waals surface area (Å²) in [5.41, 5.74) is 0.841. The topological polar surface area (TPSA) is 51.2 Å². The summed E-state index contributed by atoms with van der Waals surface area (Å²) in [5, 5.41) is 6.46. The van der Waals surface area contributed by atoms with Crippen LogP contribution in [0.4, 0.5) is 0 Å². The van der Waals surface area contributed by atoms with Crippen molar-refractivity contribution in [1.29, 1.82) is 0 Å². The van der Waals surface area contributed by atoms with Gasteiger partial charge in [-0.05, 0) is 32.6 Å². The minimum Gasteiger partial charge on any atom is -0.377 e. The Morgan fingerprint density at radius 2 is 2.32 bits per heavy atom. The summed E-state index contributed by atoms with van der Waals surface area (Å²) in [4.78, 5) is 17.0. The van der Waals surface area contributed by atoms with Gasteiger partial charge in [0, 0.05) is 23.4 Å². The Balaban J connectivity index is 1.53. The molecule has 1 unspecified atom stereocenters. The van der Waals surface area contributed by atoms with Gasteiger partial charge in [0.25, 0.3) is 0 Å². The fourth-order valence-electron chi connectivity index (χ4n) is 3.31. The minimum absolute atomic E-state index is 0.137. The maximum absolute atomic E-state index is 12.4. The van der Waals surface area contributed by atoms with Gasteiger partial charge in [-0.25, -0.2) is 4.98 Å². The molecule has 4 nitrogen and oxygen atoms in total. The van der Waals surface area contributed by atoms with Crippen LogP contribution in [0.25, 0.3) is 0 Å². The summed E-state index contributed by atoms with van der Waals surface area (Å²) in [6.45, 7) is 2.89. The van der Waals surface area contributed by atoms with Gasteiger partial charge in [0.15, 0.2) is 0 Å². The van der Waals surface area contributed by atoms with E-state index in [4.69, 9.17) is 4.74 Å². The average molecular weight is 341 g/mol. The number of carbonyl (C=O) groups is 1. The van der Waals surface area contributed by atoms with E-state index in [1.54, 1.807) is 23.1 Å². The predicted octanol–water partition coefficient (Wildman–Crippen LogP) is 3.25. The Kier molecular flexibility index (Phi) is 5.42. The number of thioether (sulfide) groups is 1. The van der Waals surface area contributed by atoms with Gasteiger partial charge in [-0.15, -0.1) is 23.1 Å². The fourth-order valence-corrected chi connectivity index (χ4v) is 5.22. The van der Waals surface area contributed by atoms with Crippen molar-refractivity contribution in [3.8, 4) is 0 Å². The lowest BCUT2D eigenvalue weighted by Crippen LogP contribution is -2.44. The lowest BCUT2D eigenvalue weighted by Gasteiger charge is -2.28. The quantitative estimate of drug-likeness (QED) is 0.864. The predicted molar refractivity (Wildman–Crippen MR) is 91.4 cm³/mol. The summed E-state index contributed by atoms with van der Waals surface area (Å²) in [7, 11) is 0. The highest BCUT2D eigenvalue weighted by Gasteiger charge is 2.39. The number of aromatic nitrogens is 1. The van der Waals surface area contributed by atoms with Gasteiger partial charge >= 0.3 is 0 Å². The molecule has 0 radical (unpaired) electrons. The molecular weight excluding hydrogens is 316 g/mol. The lowest BCUT2D eigenvalue weighted by atomic mass is 9.98. The van der Waals surface area contributed by atoms with Crippen LogP contribution < -0.4 is 5.32 Å². The van der Waals surface area contributed by atoms with Crippen molar-refractivity contribution in [3.05, 3.63) is 16.1 Å². The molecule has 1 saturated carbocycles. The number of amides is 1. The zero-order valence-electron chi connectivity index (χ0n) is 13.1. The van der Waals surface area contributed by atoms with Crippen LogP contribution in [0.2, 0.25) is 0 Å². The zero-order chi connectivity index (χ0) is 15.4. The second kappa shape index (κ2) is 7.32. The van der Waals surface area contributed by atoms with Crippen LogP contribution in [-0.2, 0) is 15.1 Å². The van der Waals surface area contributed by atoms with E-state index in [-0.39, 0.29) is 11.4 Å². The molecule has 1 aliphatic carbocycles. The van der Waals surface area contributed by atoms with E-state index in [2.05, 4.69) is 15.7 Å². The van der Waals surface area contributed by atoms with E-state index in [0.29, 0.717) is 11.9 Å². The number of ether oxygens (including phenoxy) is 1. The van der Waals surface area contributed by atoms with Crippen molar-refractivity contribution < 1.29 is 9.53 Å². The SMILES string of the molecule is Cc1csc(C2(NC(=O)CSCC3CCCO3)CCCC2)n1. The molecule has 6 heteroatoms. The highest BCUT2D eigenvalue weighted by molar-refractivity contribution is 7.99. The van der Waals surface area contributed by atoms with E-state index in [1.165, 1.54) is 12.8 Å². The smallest absolute Gasteiger partial charge is 0.230 e. The molecule has 3 rings (SSSR count). The molecule has 1 N–H and O–H groups in total. The van der Waals surface area contributed by atoms with Crippen LogP contribution in [0.3, 0.4) is 0 Å². The molecular formula is C16H24N2O2S2. The number of hydrogen-bond donors (Lipinski definition) is 1. The van der Waals surface area contributed by atoms with E-state index in [0.717, 1.165) is 48.7 Å². The lowest BCUT2D eigenvalue weighted by molar-refractivity contribution is -0.120. The van der Waals surface area contributed by atoms with Gasteiger partial charge in [-0.2, -0.15) is 0 Å². The molecule has 0 spiro atoms. The molecule has 0 bridgehead atoms. The van der Waals surface area contributed by atoms with Crippen LogP contribution in [0.5, 0.6) is 0 Å². The number of rotatable bonds is 6. The van der Waals surface area contributed by atoms with E-state index in [9.17, 15) is 4.79 Å². The maximum atomic E-state index is 12.4. The second-order valence-corrected chi connectivity index (χ2v) is 8.17. The zero-order valence-corrected chi connectivity index (χ0v) is 14.7. The van der Waals surface area contributed by atoms with Crippen LogP contribution in [0.15, 0.2) is 5.38 Å². The Bertz CT molecular complexity index is 506. The molecule has 1 aromatic heterocycles. The average Bonchev–Trinajstić information content (AvgIpc) is 3.20. The second-order valence-electron chi connectivity index (χ2n) is 6.28. The van der Waals surface area contributed by atoms with Crippen molar-refractivity contribution in [2.24, 2.45) is 0 Å². The van der Waals surface area contributed by atoms with Crippen molar-refractivity contribution >= 4 is 29.0 Å². The molecule has 1 atom stereocenters. The van der Waals surface area contributed by atoms with Gasteiger partial charge in [0.1, 0.15) is 5.01 Å². The van der Waals surface area contributed by atoms with Crippen LogP contribution >= 0.6 is 23.1 Å². The normalized spacial score (nSPS) is 23.8. The molecule has 1 aliphatic heterocycles. The largest absolute Gasteiger partial charge is 0.377 e.